The summed E-state index contributed by atoms with van der Waals surface area (Å²) in [6, 6.07) is 18.0. The van der Waals surface area contributed by atoms with Crippen molar-refractivity contribution in [1.82, 2.24) is 9.47 Å². The van der Waals surface area contributed by atoms with Crippen molar-refractivity contribution >= 4 is 5.69 Å². The molecule has 0 saturated carbocycles. The molecular weight excluding hydrogens is 350 g/mol. The third-order valence-corrected chi connectivity index (χ3v) is 5.42. The van der Waals surface area contributed by atoms with Gasteiger partial charge >= 0.3 is 0 Å². The SMILES string of the molecule is Cc1cc(C)cc(CN2CCCn3cccc3[C@@H]2c2cccc([N+](=O)[O-])c2)c1. The van der Waals surface area contributed by atoms with Crippen LogP contribution in [0.3, 0.4) is 0 Å². The number of fused-ring (bicyclic) bond motifs is 1. The van der Waals surface area contributed by atoms with Gasteiger partial charge < -0.3 is 4.57 Å². The Balaban J connectivity index is 1.77. The van der Waals surface area contributed by atoms with E-state index < -0.39 is 0 Å². The van der Waals surface area contributed by atoms with Gasteiger partial charge in [0.05, 0.1) is 11.0 Å². The highest BCUT2D eigenvalue weighted by molar-refractivity contribution is 5.39. The van der Waals surface area contributed by atoms with Crippen molar-refractivity contribution in [3.63, 3.8) is 0 Å². The highest BCUT2D eigenvalue weighted by Crippen LogP contribution is 2.34. The van der Waals surface area contributed by atoms with Crippen LogP contribution >= 0.6 is 0 Å². The summed E-state index contributed by atoms with van der Waals surface area (Å²) in [6.07, 6.45) is 3.16. The van der Waals surface area contributed by atoms with Crippen LogP contribution in [-0.2, 0) is 13.1 Å². The molecule has 144 valence electrons. The molecule has 2 heterocycles. The number of hydrogen-bond acceptors (Lipinski definition) is 3. The molecule has 0 aliphatic carbocycles. The number of nitrogens with zero attached hydrogens (tertiary/aromatic N) is 3. The summed E-state index contributed by atoms with van der Waals surface area (Å²) in [5.74, 6) is 0. The Kier molecular flexibility index (Phi) is 5.01. The molecule has 0 bridgehead atoms. The van der Waals surface area contributed by atoms with Gasteiger partial charge in [0, 0.05) is 43.7 Å². The number of hydrogen-bond donors (Lipinski definition) is 0. The fraction of sp³-hybridized carbons (Fsp3) is 0.304. The molecule has 0 spiro atoms. The van der Waals surface area contributed by atoms with Gasteiger partial charge in [0.1, 0.15) is 0 Å². The van der Waals surface area contributed by atoms with E-state index in [0.29, 0.717) is 0 Å². The van der Waals surface area contributed by atoms with Crippen molar-refractivity contribution in [3.8, 4) is 0 Å². The van der Waals surface area contributed by atoms with E-state index in [2.05, 4.69) is 59.8 Å². The third kappa shape index (κ3) is 3.71. The minimum atomic E-state index is -0.312. The van der Waals surface area contributed by atoms with Crippen LogP contribution in [0.5, 0.6) is 0 Å². The number of rotatable bonds is 4. The number of non-ortho nitro benzene ring substituents is 1. The van der Waals surface area contributed by atoms with Crippen molar-refractivity contribution in [2.75, 3.05) is 6.54 Å². The smallest absolute Gasteiger partial charge is 0.269 e. The number of nitro benzene ring substituents is 1. The zero-order chi connectivity index (χ0) is 19.7. The van der Waals surface area contributed by atoms with Gasteiger partial charge in [-0.15, -0.1) is 0 Å². The van der Waals surface area contributed by atoms with Crippen LogP contribution < -0.4 is 0 Å². The lowest BCUT2D eigenvalue weighted by atomic mass is 9.99. The highest BCUT2D eigenvalue weighted by atomic mass is 16.6. The molecule has 1 aliphatic rings. The molecule has 28 heavy (non-hydrogen) atoms. The van der Waals surface area contributed by atoms with Crippen molar-refractivity contribution in [2.45, 2.75) is 39.4 Å². The van der Waals surface area contributed by atoms with Gasteiger partial charge in [-0.2, -0.15) is 0 Å². The summed E-state index contributed by atoms with van der Waals surface area (Å²) in [5, 5.41) is 11.3. The quantitative estimate of drug-likeness (QED) is 0.476. The van der Waals surface area contributed by atoms with Crippen molar-refractivity contribution in [3.05, 3.63) is 98.9 Å². The van der Waals surface area contributed by atoms with Gasteiger partial charge in [0.15, 0.2) is 0 Å². The fourth-order valence-electron chi connectivity index (χ4n) is 4.39. The molecule has 0 N–H and O–H groups in total. The average Bonchev–Trinajstić information content (AvgIpc) is 3.02. The summed E-state index contributed by atoms with van der Waals surface area (Å²) in [6.45, 7) is 6.99. The summed E-state index contributed by atoms with van der Waals surface area (Å²) in [4.78, 5) is 13.5. The maximum absolute atomic E-state index is 11.3. The van der Waals surface area contributed by atoms with E-state index in [-0.39, 0.29) is 16.7 Å². The number of benzene rings is 2. The standard InChI is InChI=1S/C23H25N3O2/c1-17-12-18(2)14-19(13-17)16-25-11-5-10-24-9-4-8-22(24)23(25)20-6-3-7-21(15-20)26(27)28/h3-4,6-9,12-15,23H,5,10-11,16H2,1-2H3/t23-/m0/s1. The minimum Gasteiger partial charge on any atom is -0.350 e. The summed E-state index contributed by atoms with van der Waals surface area (Å²) >= 11 is 0. The summed E-state index contributed by atoms with van der Waals surface area (Å²) in [7, 11) is 0. The number of nitro groups is 1. The first kappa shape index (κ1) is 18.4. The Morgan fingerprint density at radius 3 is 2.57 bits per heavy atom. The van der Waals surface area contributed by atoms with Crippen molar-refractivity contribution in [2.24, 2.45) is 0 Å². The molecule has 0 unspecified atom stereocenters. The number of aromatic nitrogens is 1. The molecule has 0 amide bonds. The largest absolute Gasteiger partial charge is 0.350 e. The molecule has 1 aromatic heterocycles. The van der Waals surface area contributed by atoms with E-state index in [1.165, 1.54) is 22.4 Å². The van der Waals surface area contributed by atoms with Crippen LogP contribution in [0.4, 0.5) is 5.69 Å². The lowest BCUT2D eigenvalue weighted by Gasteiger charge is -2.30. The second-order valence-corrected chi connectivity index (χ2v) is 7.70. The fourth-order valence-corrected chi connectivity index (χ4v) is 4.39. The molecule has 5 nitrogen and oxygen atoms in total. The van der Waals surface area contributed by atoms with E-state index in [1.54, 1.807) is 18.2 Å². The molecule has 2 aromatic carbocycles. The topological polar surface area (TPSA) is 51.3 Å². The van der Waals surface area contributed by atoms with E-state index in [0.717, 1.165) is 31.6 Å². The highest BCUT2D eigenvalue weighted by Gasteiger charge is 2.28. The first-order chi connectivity index (χ1) is 13.5. The molecular formula is C23H25N3O2. The summed E-state index contributed by atoms with van der Waals surface area (Å²) < 4.78 is 2.28. The van der Waals surface area contributed by atoms with Crippen LogP contribution in [0.25, 0.3) is 0 Å². The second kappa shape index (κ2) is 7.60. The lowest BCUT2D eigenvalue weighted by molar-refractivity contribution is -0.384. The van der Waals surface area contributed by atoms with E-state index >= 15 is 0 Å². The van der Waals surface area contributed by atoms with Crippen molar-refractivity contribution < 1.29 is 4.92 Å². The molecule has 3 aromatic rings. The lowest BCUT2D eigenvalue weighted by Crippen LogP contribution is -2.29. The molecule has 4 rings (SSSR count). The normalized spacial score (nSPS) is 17.1. The van der Waals surface area contributed by atoms with E-state index in [4.69, 9.17) is 0 Å². The molecule has 1 atom stereocenters. The van der Waals surface area contributed by atoms with Crippen LogP contribution in [-0.4, -0.2) is 20.9 Å². The Hall–Kier alpha value is -2.92. The van der Waals surface area contributed by atoms with Gasteiger partial charge in [0.2, 0.25) is 0 Å². The second-order valence-electron chi connectivity index (χ2n) is 7.70. The minimum absolute atomic E-state index is 0.00165. The predicted octanol–water partition coefficient (Wildman–Crippen LogP) is 5.01. The Labute approximate surface area is 165 Å². The molecule has 5 heteroatoms. The monoisotopic (exact) mass is 375 g/mol. The average molecular weight is 375 g/mol. The van der Waals surface area contributed by atoms with E-state index in [9.17, 15) is 10.1 Å². The van der Waals surface area contributed by atoms with Crippen LogP contribution in [0, 0.1) is 24.0 Å². The van der Waals surface area contributed by atoms with Gasteiger partial charge in [-0.3, -0.25) is 15.0 Å². The zero-order valence-electron chi connectivity index (χ0n) is 16.3. The van der Waals surface area contributed by atoms with Crippen LogP contribution in [0.1, 0.15) is 40.4 Å². The van der Waals surface area contributed by atoms with Crippen LogP contribution in [0.15, 0.2) is 60.8 Å². The molecule has 1 aliphatic heterocycles. The molecule has 0 saturated heterocycles. The maximum atomic E-state index is 11.3. The predicted molar refractivity (Wildman–Crippen MR) is 110 cm³/mol. The zero-order valence-corrected chi connectivity index (χ0v) is 16.3. The van der Waals surface area contributed by atoms with Crippen molar-refractivity contribution in [1.29, 1.82) is 0 Å². The Morgan fingerprint density at radius 1 is 1.04 bits per heavy atom. The first-order valence-corrected chi connectivity index (χ1v) is 9.72. The maximum Gasteiger partial charge on any atom is 0.269 e. The number of aryl methyl sites for hydroxylation is 3. The van der Waals surface area contributed by atoms with Gasteiger partial charge in [-0.25, -0.2) is 0 Å². The Morgan fingerprint density at radius 2 is 1.82 bits per heavy atom. The molecule has 0 fully saturated rings. The first-order valence-electron chi connectivity index (χ1n) is 9.72. The Bertz CT molecular complexity index is 988. The van der Waals surface area contributed by atoms with E-state index in [1.807, 2.05) is 6.07 Å². The molecule has 0 radical (unpaired) electrons. The third-order valence-electron chi connectivity index (χ3n) is 5.42. The van der Waals surface area contributed by atoms with Gasteiger partial charge in [-0.05, 0) is 43.5 Å². The van der Waals surface area contributed by atoms with Gasteiger partial charge in [-0.1, -0.05) is 41.5 Å². The van der Waals surface area contributed by atoms with Crippen LogP contribution in [0.2, 0.25) is 0 Å². The summed E-state index contributed by atoms with van der Waals surface area (Å²) in [5.41, 5.74) is 6.13. The van der Waals surface area contributed by atoms with Gasteiger partial charge in [0.25, 0.3) is 5.69 Å².